The number of hydrogen-bond acceptors (Lipinski definition) is 0. The second kappa shape index (κ2) is 16.2. The Morgan fingerprint density at radius 2 is 0.900 bits per heavy atom. The van der Waals surface area contributed by atoms with Gasteiger partial charge in [0.05, 0.1) is 0 Å². The maximum Gasteiger partial charge on any atom is -1.00 e. The Balaban J connectivity index is 0.00000281. The van der Waals surface area contributed by atoms with Gasteiger partial charge in [-0.1, -0.05) is 0 Å². The number of fused-ring (bicyclic) bond motifs is 2. The molecule has 0 radical (unpaired) electrons. The third-order valence-corrected chi connectivity index (χ3v) is 20.0. The van der Waals surface area contributed by atoms with E-state index in [0.717, 1.165) is 0 Å². The molecule has 2 aliphatic rings. The van der Waals surface area contributed by atoms with Crippen molar-refractivity contribution in [3.05, 3.63) is 129 Å². The molecule has 2 atom stereocenters. The number of hydrogen-bond donors (Lipinski definition) is 0. The minimum atomic E-state index is -2.40. The van der Waals surface area contributed by atoms with Crippen molar-refractivity contribution in [2.45, 2.75) is 113 Å². The van der Waals surface area contributed by atoms with Crippen molar-refractivity contribution >= 4 is 15.4 Å². The molecule has 0 saturated heterocycles. The van der Waals surface area contributed by atoms with Crippen molar-refractivity contribution in [3.8, 4) is 22.3 Å². The zero-order valence-corrected chi connectivity index (χ0v) is 35.9. The van der Waals surface area contributed by atoms with E-state index in [1.54, 1.807) is 25.5 Å². The summed E-state index contributed by atoms with van der Waals surface area (Å²) in [5.41, 5.74) is 18.2. The molecule has 50 heavy (non-hydrogen) atoms. The molecule has 0 bridgehead atoms. The zero-order valence-electron chi connectivity index (χ0n) is 32.0. The third kappa shape index (κ3) is 7.87. The molecule has 2 aliphatic carbocycles. The molecule has 262 valence electrons. The SMILES string of the molecule is CCCC1=Cc2c(-c3ccc(C(C)(C)C)cc3)cccc2[CH]1[Zr+2](=[C](C)C)[CH]1C(CCC)=Cc2c(-c3ccc(C(C)(C)C)cc3)cccc21.[Cl-].[Cl-]. The summed E-state index contributed by atoms with van der Waals surface area (Å²) in [4.78, 5) is 0. The monoisotopic (exact) mass is 780 g/mol. The van der Waals surface area contributed by atoms with E-state index < -0.39 is 21.3 Å². The summed E-state index contributed by atoms with van der Waals surface area (Å²) in [6.45, 7) is 23.5. The van der Waals surface area contributed by atoms with Gasteiger partial charge in [-0.25, -0.2) is 0 Å². The molecule has 6 rings (SSSR count). The Hall–Kier alpha value is -2.31. The van der Waals surface area contributed by atoms with Crippen molar-refractivity contribution in [1.29, 1.82) is 0 Å². The Labute approximate surface area is 323 Å². The first-order valence-electron chi connectivity index (χ1n) is 18.4. The summed E-state index contributed by atoms with van der Waals surface area (Å²) in [7, 11) is 0. The van der Waals surface area contributed by atoms with Crippen LogP contribution in [0.15, 0.2) is 96.1 Å². The summed E-state index contributed by atoms with van der Waals surface area (Å²) in [5.74, 6) is 0. The van der Waals surface area contributed by atoms with Gasteiger partial charge in [-0.15, -0.1) is 0 Å². The van der Waals surface area contributed by atoms with Gasteiger partial charge in [0, 0.05) is 0 Å². The fourth-order valence-corrected chi connectivity index (χ4v) is 17.8. The van der Waals surface area contributed by atoms with E-state index >= 15 is 0 Å². The van der Waals surface area contributed by atoms with E-state index in [9.17, 15) is 0 Å². The van der Waals surface area contributed by atoms with Gasteiger partial charge in [-0.3, -0.25) is 0 Å². The van der Waals surface area contributed by atoms with E-state index in [1.165, 1.54) is 70.2 Å². The molecule has 0 aliphatic heterocycles. The molecule has 0 spiro atoms. The molecular formula is C47H56Cl2Zr. The van der Waals surface area contributed by atoms with E-state index in [-0.39, 0.29) is 35.6 Å². The second-order valence-corrected chi connectivity index (χ2v) is 24.1. The van der Waals surface area contributed by atoms with Gasteiger partial charge in [0.25, 0.3) is 0 Å². The predicted octanol–water partition coefficient (Wildman–Crippen LogP) is 7.63. The van der Waals surface area contributed by atoms with Crippen LogP contribution in [0.5, 0.6) is 0 Å². The number of benzene rings is 4. The predicted molar refractivity (Wildman–Crippen MR) is 209 cm³/mol. The molecule has 4 aromatic rings. The molecular weight excluding hydrogens is 727 g/mol. The third-order valence-electron chi connectivity index (χ3n) is 10.7. The van der Waals surface area contributed by atoms with E-state index in [0.29, 0.717) is 7.25 Å². The Bertz CT molecular complexity index is 1770. The van der Waals surface area contributed by atoms with Crippen LogP contribution in [0.2, 0.25) is 0 Å². The van der Waals surface area contributed by atoms with E-state index in [1.807, 2.05) is 0 Å². The number of allylic oxidation sites excluding steroid dienone is 2. The first kappa shape index (κ1) is 40.5. The molecule has 4 aromatic carbocycles. The fourth-order valence-electron chi connectivity index (χ4n) is 8.22. The van der Waals surface area contributed by atoms with E-state index in [4.69, 9.17) is 0 Å². The van der Waals surface area contributed by atoms with Crippen LogP contribution in [0.25, 0.3) is 34.4 Å². The van der Waals surface area contributed by atoms with Crippen LogP contribution in [0.3, 0.4) is 0 Å². The number of halogens is 2. The normalized spacial score (nSPS) is 16.3. The van der Waals surface area contributed by atoms with E-state index in [2.05, 4.69) is 166 Å². The van der Waals surface area contributed by atoms with Crippen LogP contribution in [0.1, 0.15) is 136 Å². The topological polar surface area (TPSA) is 0 Å². The maximum absolute atomic E-state index is 2.63. The van der Waals surface area contributed by atoms with Crippen LogP contribution in [-0.2, 0) is 32.1 Å². The van der Waals surface area contributed by atoms with Crippen molar-refractivity contribution < 1.29 is 46.1 Å². The van der Waals surface area contributed by atoms with Crippen molar-refractivity contribution in [2.24, 2.45) is 0 Å². The molecule has 0 heterocycles. The molecule has 0 N–H and O–H groups in total. The average Bonchev–Trinajstić information content (AvgIpc) is 3.59. The molecule has 0 fully saturated rings. The van der Waals surface area contributed by atoms with Crippen molar-refractivity contribution in [1.82, 2.24) is 0 Å². The quantitative estimate of drug-likeness (QED) is 0.173. The van der Waals surface area contributed by atoms with Gasteiger partial charge in [0.15, 0.2) is 0 Å². The van der Waals surface area contributed by atoms with Gasteiger partial charge in [-0.05, 0) is 0 Å². The average molecular weight is 783 g/mol. The van der Waals surface area contributed by atoms with Gasteiger partial charge >= 0.3 is 301 Å². The largest absolute Gasteiger partial charge is 1.00 e. The first-order valence-corrected chi connectivity index (χ1v) is 22.5. The minimum absolute atomic E-state index is 0. The molecule has 0 aromatic heterocycles. The van der Waals surface area contributed by atoms with Crippen LogP contribution in [0.4, 0.5) is 0 Å². The summed E-state index contributed by atoms with van der Waals surface area (Å²) in [6.07, 6.45) is 10.0. The Kier molecular flexibility index (Phi) is 13.1. The summed E-state index contributed by atoms with van der Waals surface area (Å²) < 4.78 is 2.89. The van der Waals surface area contributed by atoms with Gasteiger partial charge in [-0.2, -0.15) is 0 Å². The van der Waals surface area contributed by atoms with Crippen LogP contribution >= 0.6 is 0 Å². The van der Waals surface area contributed by atoms with Crippen LogP contribution in [0, 0.1) is 0 Å². The Morgan fingerprint density at radius 1 is 0.540 bits per heavy atom. The summed E-state index contributed by atoms with van der Waals surface area (Å²) >= 11 is -2.40. The van der Waals surface area contributed by atoms with Crippen molar-refractivity contribution in [2.75, 3.05) is 0 Å². The second-order valence-electron chi connectivity index (χ2n) is 16.5. The van der Waals surface area contributed by atoms with Crippen LogP contribution in [-0.4, -0.2) is 3.21 Å². The standard InChI is InChI=1S/2C22H25.C3H6.2ClH.Zr/c2*1-5-7-16-14-18-8-6-9-20(21(18)15-16)17-10-12-19(13-11-17)22(2,3)4;1-3-2;;;/h2*6,8-15H,5,7H2,1-4H3;1-2H3;2*1H;/q;;;;;+2/p-2. The van der Waals surface area contributed by atoms with Crippen LogP contribution < -0.4 is 24.8 Å². The molecule has 0 nitrogen and oxygen atoms in total. The Morgan fingerprint density at radius 3 is 1.20 bits per heavy atom. The maximum atomic E-state index is 2.63. The van der Waals surface area contributed by atoms with Gasteiger partial charge in [0.1, 0.15) is 0 Å². The zero-order chi connectivity index (χ0) is 34.4. The summed E-state index contributed by atoms with van der Waals surface area (Å²) in [5, 5.41) is 0. The van der Waals surface area contributed by atoms with Crippen molar-refractivity contribution in [3.63, 3.8) is 0 Å². The summed E-state index contributed by atoms with van der Waals surface area (Å²) in [6, 6.07) is 33.2. The molecule has 0 amide bonds. The first-order chi connectivity index (χ1) is 22.8. The fraction of sp³-hybridized carbons (Fsp3) is 0.383. The molecule has 3 heteroatoms. The number of rotatable bonds is 8. The molecule has 2 unspecified atom stereocenters. The molecule has 0 saturated carbocycles. The van der Waals surface area contributed by atoms with Gasteiger partial charge in [0.2, 0.25) is 0 Å². The smallest absolute Gasteiger partial charge is 1.00 e. The van der Waals surface area contributed by atoms with Gasteiger partial charge < -0.3 is 24.8 Å². The minimum Gasteiger partial charge on any atom is -1.00 e.